The van der Waals surface area contributed by atoms with Gasteiger partial charge in [0, 0.05) is 31.4 Å². The maximum absolute atomic E-state index is 4.21. The van der Waals surface area contributed by atoms with Crippen LogP contribution in [0.5, 0.6) is 0 Å². The lowest BCUT2D eigenvalue weighted by Gasteiger charge is -2.08. The minimum atomic E-state index is 0.647. The standard InChI is InChI=1S/C8H12BrN3/c1-12-7(5-11-8(12)9)6-2-3-10-4-6/h5-6,10H,2-4H2,1H3. The zero-order valence-corrected chi connectivity index (χ0v) is 8.63. The van der Waals surface area contributed by atoms with Crippen LogP contribution < -0.4 is 5.32 Å². The van der Waals surface area contributed by atoms with Crippen molar-refractivity contribution in [1.29, 1.82) is 0 Å². The summed E-state index contributed by atoms with van der Waals surface area (Å²) >= 11 is 3.39. The predicted octanol–water partition coefficient (Wildman–Crippen LogP) is 1.26. The van der Waals surface area contributed by atoms with Crippen molar-refractivity contribution in [2.45, 2.75) is 12.3 Å². The van der Waals surface area contributed by atoms with Crippen LogP contribution in [0.3, 0.4) is 0 Å². The van der Waals surface area contributed by atoms with Crippen molar-refractivity contribution in [2.24, 2.45) is 7.05 Å². The van der Waals surface area contributed by atoms with Crippen LogP contribution >= 0.6 is 15.9 Å². The number of rotatable bonds is 1. The molecule has 0 aliphatic carbocycles. The third-order valence-corrected chi connectivity index (χ3v) is 3.18. The lowest BCUT2D eigenvalue weighted by Crippen LogP contribution is -2.10. The van der Waals surface area contributed by atoms with Gasteiger partial charge in [0.05, 0.1) is 0 Å². The van der Waals surface area contributed by atoms with Gasteiger partial charge in [0.2, 0.25) is 0 Å². The van der Waals surface area contributed by atoms with Gasteiger partial charge in [-0.3, -0.25) is 0 Å². The van der Waals surface area contributed by atoms with E-state index < -0.39 is 0 Å². The molecule has 1 aliphatic heterocycles. The molecule has 4 heteroatoms. The van der Waals surface area contributed by atoms with Gasteiger partial charge in [-0.2, -0.15) is 0 Å². The van der Waals surface area contributed by atoms with Crippen molar-refractivity contribution in [2.75, 3.05) is 13.1 Å². The van der Waals surface area contributed by atoms with E-state index >= 15 is 0 Å². The molecule has 1 fully saturated rings. The minimum absolute atomic E-state index is 0.647. The van der Waals surface area contributed by atoms with E-state index in [1.807, 2.05) is 13.2 Å². The Bertz CT molecular complexity index is 276. The van der Waals surface area contributed by atoms with E-state index in [2.05, 4.69) is 30.8 Å². The van der Waals surface area contributed by atoms with E-state index in [4.69, 9.17) is 0 Å². The lowest BCUT2D eigenvalue weighted by atomic mass is 10.1. The van der Waals surface area contributed by atoms with Gasteiger partial charge in [0.1, 0.15) is 0 Å². The number of aromatic nitrogens is 2. The molecular formula is C8H12BrN3. The Labute approximate surface area is 80.3 Å². The largest absolute Gasteiger partial charge is 0.325 e. The maximum atomic E-state index is 4.21. The SMILES string of the molecule is Cn1c(C2CCNC2)cnc1Br. The highest BCUT2D eigenvalue weighted by Crippen LogP contribution is 2.23. The Kier molecular flexibility index (Phi) is 2.19. The highest BCUT2D eigenvalue weighted by atomic mass is 79.9. The van der Waals surface area contributed by atoms with Crippen LogP contribution in [0.4, 0.5) is 0 Å². The molecule has 0 spiro atoms. The second kappa shape index (κ2) is 3.18. The summed E-state index contributed by atoms with van der Waals surface area (Å²) in [4.78, 5) is 4.21. The first-order valence-corrected chi connectivity index (χ1v) is 4.96. The fraction of sp³-hybridized carbons (Fsp3) is 0.625. The van der Waals surface area contributed by atoms with Crippen LogP contribution in [-0.4, -0.2) is 22.6 Å². The Morgan fingerprint density at radius 3 is 3.08 bits per heavy atom. The molecule has 1 atom stereocenters. The zero-order valence-electron chi connectivity index (χ0n) is 7.05. The van der Waals surface area contributed by atoms with Crippen LogP contribution in [0.15, 0.2) is 10.9 Å². The summed E-state index contributed by atoms with van der Waals surface area (Å²) in [6, 6.07) is 0. The molecule has 0 amide bonds. The van der Waals surface area contributed by atoms with Crippen LogP contribution in [0, 0.1) is 0 Å². The Morgan fingerprint density at radius 2 is 2.58 bits per heavy atom. The molecule has 0 aromatic carbocycles. The fourth-order valence-electron chi connectivity index (χ4n) is 1.69. The minimum Gasteiger partial charge on any atom is -0.325 e. The average Bonchev–Trinajstić information content (AvgIpc) is 2.64. The quantitative estimate of drug-likeness (QED) is 0.787. The van der Waals surface area contributed by atoms with Crippen molar-refractivity contribution in [1.82, 2.24) is 14.9 Å². The topological polar surface area (TPSA) is 29.9 Å². The van der Waals surface area contributed by atoms with E-state index in [1.165, 1.54) is 12.1 Å². The molecule has 0 radical (unpaired) electrons. The average molecular weight is 230 g/mol. The van der Waals surface area contributed by atoms with Crippen molar-refractivity contribution in [3.05, 3.63) is 16.6 Å². The summed E-state index contributed by atoms with van der Waals surface area (Å²) in [6.45, 7) is 2.22. The number of nitrogens with zero attached hydrogens (tertiary/aromatic N) is 2. The van der Waals surface area contributed by atoms with Crippen LogP contribution in [0.25, 0.3) is 0 Å². The van der Waals surface area contributed by atoms with Gasteiger partial charge < -0.3 is 9.88 Å². The normalized spacial score (nSPS) is 23.3. The summed E-state index contributed by atoms with van der Waals surface area (Å²) in [5.41, 5.74) is 1.33. The first-order chi connectivity index (χ1) is 5.79. The van der Waals surface area contributed by atoms with Crippen molar-refractivity contribution < 1.29 is 0 Å². The molecular weight excluding hydrogens is 218 g/mol. The third-order valence-electron chi connectivity index (χ3n) is 2.45. The second-order valence-electron chi connectivity index (χ2n) is 3.20. The molecule has 1 aromatic heterocycles. The summed E-state index contributed by atoms with van der Waals surface area (Å²) in [5.74, 6) is 0.647. The molecule has 1 saturated heterocycles. The van der Waals surface area contributed by atoms with Gasteiger partial charge in [-0.05, 0) is 28.9 Å². The van der Waals surface area contributed by atoms with Gasteiger partial charge in [0.15, 0.2) is 4.73 Å². The molecule has 2 heterocycles. The van der Waals surface area contributed by atoms with Gasteiger partial charge >= 0.3 is 0 Å². The molecule has 1 aromatic rings. The second-order valence-corrected chi connectivity index (χ2v) is 3.91. The van der Waals surface area contributed by atoms with Crippen molar-refractivity contribution in [3.8, 4) is 0 Å². The van der Waals surface area contributed by atoms with E-state index in [9.17, 15) is 0 Å². The van der Waals surface area contributed by atoms with Gasteiger partial charge in [0.25, 0.3) is 0 Å². The smallest absolute Gasteiger partial charge is 0.177 e. The summed E-state index contributed by atoms with van der Waals surface area (Å²) < 4.78 is 3.03. The molecule has 1 unspecified atom stereocenters. The molecule has 3 nitrogen and oxygen atoms in total. The molecule has 0 saturated carbocycles. The van der Waals surface area contributed by atoms with Crippen molar-refractivity contribution in [3.63, 3.8) is 0 Å². The first-order valence-electron chi connectivity index (χ1n) is 4.17. The van der Waals surface area contributed by atoms with Crippen LogP contribution in [-0.2, 0) is 7.05 Å². The summed E-state index contributed by atoms with van der Waals surface area (Å²) in [5, 5.41) is 3.35. The predicted molar refractivity (Wildman–Crippen MR) is 51.1 cm³/mol. The fourth-order valence-corrected chi connectivity index (χ4v) is 1.99. The Hall–Kier alpha value is -0.350. The maximum Gasteiger partial charge on any atom is 0.177 e. The molecule has 2 rings (SSSR count). The monoisotopic (exact) mass is 229 g/mol. The van der Waals surface area contributed by atoms with E-state index in [0.717, 1.165) is 17.8 Å². The van der Waals surface area contributed by atoms with Gasteiger partial charge in [-0.15, -0.1) is 0 Å². The van der Waals surface area contributed by atoms with Crippen LogP contribution in [0.1, 0.15) is 18.0 Å². The molecule has 12 heavy (non-hydrogen) atoms. The first kappa shape index (κ1) is 8.26. The molecule has 0 bridgehead atoms. The summed E-state index contributed by atoms with van der Waals surface area (Å²) in [7, 11) is 2.05. The third kappa shape index (κ3) is 1.29. The van der Waals surface area contributed by atoms with E-state index in [1.54, 1.807) is 0 Å². The van der Waals surface area contributed by atoms with Crippen LogP contribution in [0.2, 0.25) is 0 Å². The van der Waals surface area contributed by atoms with E-state index in [0.29, 0.717) is 5.92 Å². The van der Waals surface area contributed by atoms with E-state index in [-0.39, 0.29) is 0 Å². The number of nitrogens with one attached hydrogen (secondary N) is 1. The molecule has 1 aliphatic rings. The van der Waals surface area contributed by atoms with Crippen molar-refractivity contribution >= 4 is 15.9 Å². The Morgan fingerprint density at radius 1 is 1.75 bits per heavy atom. The molecule has 1 N–H and O–H groups in total. The number of imidazole rings is 1. The highest BCUT2D eigenvalue weighted by molar-refractivity contribution is 9.10. The Balaban J connectivity index is 2.26. The highest BCUT2D eigenvalue weighted by Gasteiger charge is 2.20. The van der Waals surface area contributed by atoms with Gasteiger partial charge in [-0.1, -0.05) is 0 Å². The number of hydrogen-bond donors (Lipinski definition) is 1. The zero-order chi connectivity index (χ0) is 8.55. The van der Waals surface area contributed by atoms with Gasteiger partial charge in [-0.25, -0.2) is 4.98 Å². The molecule has 66 valence electrons. The lowest BCUT2D eigenvalue weighted by molar-refractivity contribution is 0.679. The summed E-state index contributed by atoms with van der Waals surface area (Å²) in [6.07, 6.45) is 3.19. The number of halogens is 1. The number of hydrogen-bond acceptors (Lipinski definition) is 2.